The first-order chi connectivity index (χ1) is 9.24. The van der Waals surface area contributed by atoms with Gasteiger partial charge < -0.3 is 5.32 Å². The SMILES string of the molecule is CCCNC(Cc1ccc(CC)cn1)C(CC)CC. The molecule has 0 bridgehead atoms. The van der Waals surface area contributed by atoms with E-state index in [0.717, 1.165) is 25.3 Å². The van der Waals surface area contributed by atoms with Crippen LogP contribution in [0.5, 0.6) is 0 Å². The Labute approximate surface area is 119 Å². The maximum Gasteiger partial charge on any atom is 0.0419 e. The second-order valence-corrected chi connectivity index (χ2v) is 5.35. The van der Waals surface area contributed by atoms with Gasteiger partial charge in [0.1, 0.15) is 0 Å². The lowest BCUT2D eigenvalue weighted by Gasteiger charge is -2.26. The molecule has 1 rings (SSSR count). The third-order valence-corrected chi connectivity index (χ3v) is 4.00. The fraction of sp³-hybridized carbons (Fsp3) is 0.706. The quantitative estimate of drug-likeness (QED) is 0.728. The largest absolute Gasteiger partial charge is 0.313 e. The van der Waals surface area contributed by atoms with E-state index in [4.69, 9.17) is 0 Å². The summed E-state index contributed by atoms with van der Waals surface area (Å²) in [6.45, 7) is 10.1. The van der Waals surface area contributed by atoms with Crippen molar-refractivity contribution < 1.29 is 0 Å². The molecule has 1 heterocycles. The van der Waals surface area contributed by atoms with Crippen molar-refractivity contribution in [1.29, 1.82) is 0 Å². The summed E-state index contributed by atoms with van der Waals surface area (Å²) in [5.41, 5.74) is 2.54. The number of nitrogens with one attached hydrogen (secondary N) is 1. The van der Waals surface area contributed by atoms with E-state index in [0.29, 0.717) is 6.04 Å². The fourth-order valence-electron chi connectivity index (χ4n) is 2.60. The Morgan fingerprint density at radius 1 is 1.11 bits per heavy atom. The number of hydrogen-bond donors (Lipinski definition) is 1. The zero-order valence-corrected chi connectivity index (χ0v) is 13.1. The molecule has 0 saturated carbocycles. The van der Waals surface area contributed by atoms with Crippen molar-refractivity contribution in [3.05, 3.63) is 29.6 Å². The first-order valence-electron chi connectivity index (χ1n) is 7.92. The minimum atomic E-state index is 0.565. The lowest BCUT2D eigenvalue weighted by molar-refractivity contribution is 0.330. The molecule has 2 nitrogen and oxygen atoms in total. The molecular weight excluding hydrogens is 232 g/mol. The van der Waals surface area contributed by atoms with E-state index >= 15 is 0 Å². The monoisotopic (exact) mass is 262 g/mol. The highest BCUT2D eigenvalue weighted by atomic mass is 14.9. The van der Waals surface area contributed by atoms with Crippen molar-refractivity contribution in [3.63, 3.8) is 0 Å². The summed E-state index contributed by atoms with van der Waals surface area (Å²) < 4.78 is 0. The smallest absolute Gasteiger partial charge is 0.0419 e. The second-order valence-electron chi connectivity index (χ2n) is 5.35. The maximum absolute atomic E-state index is 4.61. The first-order valence-corrected chi connectivity index (χ1v) is 7.92. The maximum atomic E-state index is 4.61. The number of rotatable bonds is 9. The van der Waals surface area contributed by atoms with Gasteiger partial charge in [0.2, 0.25) is 0 Å². The molecule has 0 spiro atoms. The molecule has 1 aromatic rings. The molecule has 0 fully saturated rings. The van der Waals surface area contributed by atoms with Crippen LogP contribution >= 0.6 is 0 Å². The Bertz CT molecular complexity index is 328. The van der Waals surface area contributed by atoms with Crippen LogP contribution < -0.4 is 5.32 Å². The van der Waals surface area contributed by atoms with Gasteiger partial charge in [-0.15, -0.1) is 0 Å². The lowest BCUT2D eigenvalue weighted by Crippen LogP contribution is -2.38. The van der Waals surface area contributed by atoms with Gasteiger partial charge in [-0.3, -0.25) is 4.98 Å². The first kappa shape index (κ1) is 16.2. The molecule has 2 heteroatoms. The van der Waals surface area contributed by atoms with Gasteiger partial charge in [-0.05, 0) is 36.9 Å². The number of pyridine rings is 1. The van der Waals surface area contributed by atoms with E-state index in [1.807, 2.05) is 6.20 Å². The summed E-state index contributed by atoms with van der Waals surface area (Å²) in [6, 6.07) is 4.98. The van der Waals surface area contributed by atoms with Crippen LogP contribution in [0.4, 0.5) is 0 Å². The molecule has 1 N–H and O–H groups in total. The normalized spacial score (nSPS) is 12.9. The van der Waals surface area contributed by atoms with Gasteiger partial charge in [0.25, 0.3) is 0 Å². The van der Waals surface area contributed by atoms with E-state index in [9.17, 15) is 0 Å². The van der Waals surface area contributed by atoms with Gasteiger partial charge in [-0.2, -0.15) is 0 Å². The molecule has 19 heavy (non-hydrogen) atoms. The highest BCUT2D eigenvalue weighted by Gasteiger charge is 2.18. The Hall–Kier alpha value is -0.890. The van der Waals surface area contributed by atoms with Gasteiger partial charge in [0.15, 0.2) is 0 Å². The third kappa shape index (κ3) is 5.32. The lowest BCUT2D eigenvalue weighted by atomic mass is 9.90. The molecule has 0 aliphatic heterocycles. The van der Waals surface area contributed by atoms with Crippen LogP contribution in [-0.4, -0.2) is 17.6 Å². The van der Waals surface area contributed by atoms with Crippen LogP contribution in [0.3, 0.4) is 0 Å². The molecule has 0 aliphatic rings. The van der Waals surface area contributed by atoms with Gasteiger partial charge >= 0.3 is 0 Å². The van der Waals surface area contributed by atoms with E-state index in [-0.39, 0.29) is 0 Å². The Morgan fingerprint density at radius 2 is 1.84 bits per heavy atom. The van der Waals surface area contributed by atoms with Gasteiger partial charge in [-0.25, -0.2) is 0 Å². The van der Waals surface area contributed by atoms with E-state index < -0.39 is 0 Å². The van der Waals surface area contributed by atoms with Crippen LogP contribution in [0.2, 0.25) is 0 Å². The summed E-state index contributed by atoms with van der Waals surface area (Å²) in [7, 11) is 0. The van der Waals surface area contributed by atoms with Crippen molar-refractivity contribution in [3.8, 4) is 0 Å². The van der Waals surface area contributed by atoms with E-state index in [2.05, 4.69) is 50.1 Å². The summed E-state index contributed by atoms with van der Waals surface area (Å²) in [4.78, 5) is 4.61. The van der Waals surface area contributed by atoms with Crippen molar-refractivity contribution in [1.82, 2.24) is 10.3 Å². The molecule has 0 amide bonds. The second kappa shape index (κ2) is 9.08. The summed E-state index contributed by atoms with van der Waals surface area (Å²) in [6.07, 6.45) is 7.82. The fourth-order valence-corrected chi connectivity index (χ4v) is 2.60. The van der Waals surface area contributed by atoms with Crippen LogP contribution in [0.1, 0.15) is 58.2 Å². The minimum absolute atomic E-state index is 0.565. The molecule has 1 atom stereocenters. The highest BCUT2D eigenvalue weighted by molar-refractivity contribution is 5.14. The highest BCUT2D eigenvalue weighted by Crippen LogP contribution is 2.17. The van der Waals surface area contributed by atoms with Crippen LogP contribution in [0.15, 0.2) is 18.3 Å². The summed E-state index contributed by atoms with van der Waals surface area (Å²) >= 11 is 0. The standard InChI is InChI=1S/C17H30N2/c1-5-11-18-17(15(7-3)8-4)12-16-10-9-14(6-2)13-19-16/h9-10,13,15,17-18H,5-8,11-12H2,1-4H3. The molecule has 1 unspecified atom stereocenters. The number of hydrogen-bond acceptors (Lipinski definition) is 2. The van der Waals surface area contributed by atoms with E-state index in [1.165, 1.54) is 30.5 Å². The average molecular weight is 262 g/mol. The third-order valence-electron chi connectivity index (χ3n) is 4.00. The zero-order valence-electron chi connectivity index (χ0n) is 13.1. The van der Waals surface area contributed by atoms with Crippen molar-refractivity contribution in [2.75, 3.05) is 6.54 Å². The zero-order chi connectivity index (χ0) is 14.1. The van der Waals surface area contributed by atoms with Gasteiger partial charge in [0.05, 0.1) is 0 Å². The van der Waals surface area contributed by atoms with Crippen molar-refractivity contribution in [2.45, 2.75) is 65.8 Å². The average Bonchev–Trinajstić information content (AvgIpc) is 2.46. The number of aryl methyl sites for hydroxylation is 1. The molecule has 0 aromatic carbocycles. The molecule has 1 aromatic heterocycles. The van der Waals surface area contributed by atoms with Gasteiger partial charge in [0, 0.05) is 24.4 Å². The Morgan fingerprint density at radius 3 is 2.32 bits per heavy atom. The van der Waals surface area contributed by atoms with Crippen molar-refractivity contribution >= 4 is 0 Å². The topological polar surface area (TPSA) is 24.9 Å². The molecule has 0 saturated heterocycles. The van der Waals surface area contributed by atoms with Crippen LogP contribution in [0, 0.1) is 5.92 Å². The Balaban J connectivity index is 2.68. The summed E-state index contributed by atoms with van der Waals surface area (Å²) in [5, 5.41) is 3.71. The van der Waals surface area contributed by atoms with Crippen molar-refractivity contribution in [2.24, 2.45) is 5.92 Å². The predicted octanol–water partition coefficient (Wildman–Crippen LogP) is 3.99. The van der Waals surface area contributed by atoms with Crippen LogP contribution in [-0.2, 0) is 12.8 Å². The van der Waals surface area contributed by atoms with Gasteiger partial charge in [-0.1, -0.05) is 46.6 Å². The minimum Gasteiger partial charge on any atom is -0.313 e. The number of aromatic nitrogens is 1. The van der Waals surface area contributed by atoms with Crippen LogP contribution in [0.25, 0.3) is 0 Å². The molecule has 0 radical (unpaired) electrons. The summed E-state index contributed by atoms with van der Waals surface area (Å²) in [5.74, 6) is 0.749. The number of nitrogens with zero attached hydrogens (tertiary/aromatic N) is 1. The Kier molecular flexibility index (Phi) is 7.73. The molecule has 0 aliphatic carbocycles. The van der Waals surface area contributed by atoms with E-state index in [1.54, 1.807) is 0 Å². The molecule has 108 valence electrons. The molecular formula is C17H30N2. The predicted molar refractivity (Wildman–Crippen MR) is 83.5 cm³/mol.